The van der Waals surface area contributed by atoms with Crippen molar-refractivity contribution in [2.45, 2.75) is 12.3 Å². The lowest BCUT2D eigenvalue weighted by Crippen LogP contribution is -2.20. The lowest BCUT2D eigenvalue weighted by molar-refractivity contribution is -0.206. The van der Waals surface area contributed by atoms with Crippen LogP contribution in [0.2, 0.25) is 10.0 Å². The van der Waals surface area contributed by atoms with Gasteiger partial charge in [-0.05, 0) is 17.7 Å². The van der Waals surface area contributed by atoms with Crippen LogP contribution in [0.15, 0.2) is 18.2 Å². The van der Waals surface area contributed by atoms with Crippen LogP contribution < -0.4 is 0 Å². The number of rotatable bonds is 1. The Morgan fingerprint density at radius 2 is 1.71 bits per heavy atom. The summed E-state index contributed by atoms with van der Waals surface area (Å²) >= 11 is 11.0. The standard InChI is InChI=1S/C8H5Cl2F3O/c9-5-2-1-4(3-6(5)10)7(14)8(11,12)13/h1-3,7,14H/t7-/m0/s1. The first-order valence-electron chi connectivity index (χ1n) is 3.52. The van der Waals surface area contributed by atoms with Gasteiger partial charge in [-0.25, -0.2) is 0 Å². The zero-order chi connectivity index (χ0) is 10.9. The quantitative estimate of drug-likeness (QED) is 0.801. The molecule has 0 spiro atoms. The highest BCUT2D eigenvalue weighted by Gasteiger charge is 2.39. The Hall–Kier alpha value is -0.450. The van der Waals surface area contributed by atoms with Gasteiger partial charge in [0.25, 0.3) is 0 Å². The van der Waals surface area contributed by atoms with Gasteiger partial charge in [0, 0.05) is 0 Å². The Morgan fingerprint density at radius 1 is 1.14 bits per heavy atom. The summed E-state index contributed by atoms with van der Waals surface area (Å²) in [7, 11) is 0. The fourth-order valence-corrected chi connectivity index (χ4v) is 1.18. The Labute approximate surface area is 88.1 Å². The number of benzene rings is 1. The smallest absolute Gasteiger partial charge is 0.379 e. The molecule has 1 rings (SSSR count). The van der Waals surface area contributed by atoms with E-state index in [-0.39, 0.29) is 15.6 Å². The molecule has 1 nitrogen and oxygen atoms in total. The number of aliphatic hydroxyl groups is 1. The van der Waals surface area contributed by atoms with Crippen molar-refractivity contribution in [3.8, 4) is 0 Å². The Bertz CT molecular complexity index is 338. The minimum atomic E-state index is -4.70. The molecule has 0 saturated carbocycles. The maximum Gasteiger partial charge on any atom is 0.418 e. The molecule has 1 aromatic rings. The molecule has 0 aliphatic carbocycles. The Morgan fingerprint density at radius 3 is 2.14 bits per heavy atom. The third-order valence-corrected chi connectivity index (χ3v) is 2.31. The van der Waals surface area contributed by atoms with Crippen molar-refractivity contribution in [3.05, 3.63) is 33.8 Å². The van der Waals surface area contributed by atoms with E-state index in [0.29, 0.717) is 0 Å². The summed E-state index contributed by atoms with van der Waals surface area (Å²) in [4.78, 5) is 0. The fraction of sp³-hybridized carbons (Fsp3) is 0.250. The van der Waals surface area contributed by atoms with Gasteiger partial charge in [0.05, 0.1) is 10.0 Å². The van der Waals surface area contributed by atoms with Crippen LogP contribution in [-0.4, -0.2) is 11.3 Å². The topological polar surface area (TPSA) is 20.2 Å². The summed E-state index contributed by atoms with van der Waals surface area (Å²) in [6, 6.07) is 3.27. The van der Waals surface area contributed by atoms with E-state index in [9.17, 15) is 13.2 Å². The van der Waals surface area contributed by atoms with E-state index in [0.717, 1.165) is 12.1 Å². The van der Waals surface area contributed by atoms with Gasteiger partial charge < -0.3 is 5.11 Å². The number of aliphatic hydroxyl groups excluding tert-OH is 1. The van der Waals surface area contributed by atoms with Crippen LogP contribution in [0.4, 0.5) is 13.2 Å². The Kier molecular flexibility index (Phi) is 3.29. The van der Waals surface area contributed by atoms with E-state index < -0.39 is 12.3 Å². The van der Waals surface area contributed by atoms with Gasteiger partial charge in [0.15, 0.2) is 6.10 Å². The highest BCUT2D eigenvalue weighted by molar-refractivity contribution is 6.42. The van der Waals surface area contributed by atoms with E-state index in [2.05, 4.69) is 0 Å². The molecule has 0 unspecified atom stereocenters. The van der Waals surface area contributed by atoms with Gasteiger partial charge in [-0.3, -0.25) is 0 Å². The van der Waals surface area contributed by atoms with Gasteiger partial charge in [0.2, 0.25) is 0 Å². The molecule has 0 aromatic heterocycles. The number of hydrogen-bond acceptors (Lipinski definition) is 1. The first-order chi connectivity index (χ1) is 6.32. The van der Waals surface area contributed by atoms with Crippen LogP contribution in [-0.2, 0) is 0 Å². The van der Waals surface area contributed by atoms with Crippen LogP contribution in [0.25, 0.3) is 0 Å². The first kappa shape index (κ1) is 11.6. The fourth-order valence-electron chi connectivity index (χ4n) is 0.871. The molecule has 0 saturated heterocycles. The van der Waals surface area contributed by atoms with Crippen molar-refractivity contribution in [3.63, 3.8) is 0 Å². The number of alkyl halides is 3. The monoisotopic (exact) mass is 244 g/mol. The second-order valence-corrected chi connectivity index (χ2v) is 3.43. The van der Waals surface area contributed by atoms with Crippen molar-refractivity contribution in [1.29, 1.82) is 0 Å². The largest absolute Gasteiger partial charge is 0.418 e. The molecule has 14 heavy (non-hydrogen) atoms. The lowest BCUT2D eigenvalue weighted by atomic mass is 10.1. The van der Waals surface area contributed by atoms with E-state index in [1.165, 1.54) is 6.07 Å². The summed E-state index contributed by atoms with van der Waals surface area (Å²) in [5.74, 6) is 0. The van der Waals surface area contributed by atoms with Gasteiger partial charge in [-0.15, -0.1) is 0 Å². The van der Waals surface area contributed by atoms with Crippen molar-refractivity contribution < 1.29 is 18.3 Å². The first-order valence-corrected chi connectivity index (χ1v) is 4.27. The van der Waals surface area contributed by atoms with Crippen molar-refractivity contribution in [1.82, 2.24) is 0 Å². The molecule has 0 heterocycles. The van der Waals surface area contributed by atoms with Crippen LogP contribution in [0.1, 0.15) is 11.7 Å². The van der Waals surface area contributed by atoms with E-state index in [4.69, 9.17) is 28.3 Å². The summed E-state index contributed by atoms with van der Waals surface area (Å²) in [5.41, 5.74) is -0.327. The maximum atomic E-state index is 12.0. The van der Waals surface area contributed by atoms with Crippen molar-refractivity contribution in [2.24, 2.45) is 0 Å². The molecular formula is C8H5Cl2F3O. The van der Waals surface area contributed by atoms with E-state index in [1.54, 1.807) is 0 Å². The predicted molar refractivity (Wildman–Crippen MR) is 47.5 cm³/mol. The Balaban J connectivity index is 3.03. The van der Waals surface area contributed by atoms with Crippen LogP contribution in [0.3, 0.4) is 0 Å². The molecule has 1 atom stereocenters. The van der Waals surface area contributed by atoms with Gasteiger partial charge in [-0.2, -0.15) is 13.2 Å². The zero-order valence-corrected chi connectivity index (χ0v) is 8.16. The molecule has 0 radical (unpaired) electrons. The minimum absolute atomic E-state index is 0.0209. The lowest BCUT2D eigenvalue weighted by Gasteiger charge is -2.14. The molecule has 0 bridgehead atoms. The third-order valence-electron chi connectivity index (χ3n) is 1.57. The highest BCUT2D eigenvalue weighted by atomic mass is 35.5. The molecule has 78 valence electrons. The van der Waals surface area contributed by atoms with Gasteiger partial charge >= 0.3 is 6.18 Å². The second kappa shape index (κ2) is 3.96. The van der Waals surface area contributed by atoms with Gasteiger partial charge in [-0.1, -0.05) is 29.3 Å². The molecule has 0 amide bonds. The number of halogens is 5. The summed E-state index contributed by atoms with van der Waals surface area (Å²) in [6.45, 7) is 0. The van der Waals surface area contributed by atoms with Crippen LogP contribution in [0, 0.1) is 0 Å². The van der Waals surface area contributed by atoms with Crippen LogP contribution >= 0.6 is 23.2 Å². The molecule has 1 N–H and O–H groups in total. The molecule has 1 aromatic carbocycles. The highest BCUT2D eigenvalue weighted by Crippen LogP contribution is 2.34. The van der Waals surface area contributed by atoms with Gasteiger partial charge in [0.1, 0.15) is 0 Å². The molecule has 0 aliphatic heterocycles. The predicted octanol–water partition coefficient (Wildman–Crippen LogP) is 3.59. The summed E-state index contributed by atoms with van der Waals surface area (Å²) in [5, 5.41) is 8.97. The molecule has 6 heteroatoms. The SMILES string of the molecule is O[C@@H](c1ccc(Cl)c(Cl)c1)C(F)(F)F. The maximum absolute atomic E-state index is 12.0. The van der Waals surface area contributed by atoms with E-state index >= 15 is 0 Å². The van der Waals surface area contributed by atoms with Crippen molar-refractivity contribution >= 4 is 23.2 Å². The molecule has 0 fully saturated rings. The molecule has 0 aliphatic rings. The number of hydrogen-bond donors (Lipinski definition) is 1. The van der Waals surface area contributed by atoms with Crippen LogP contribution in [0.5, 0.6) is 0 Å². The van der Waals surface area contributed by atoms with E-state index in [1.807, 2.05) is 0 Å². The summed E-state index contributed by atoms with van der Waals surface area (Å²) < 4.78 is 36.1. The second-order valence-electron chi connectivity index (χ2n) is 2.62. The molecular weight excluding hydrogens is 240 g/mol. The average Bonchev–Trinajstić information content (AvgIpc) is 2.07. The normalized spacial score (nSPS) is 14.1. The third kappa shape index (κ3) is 2.53. The zero-order valence-electron chi connectivity index (χ0n) is 6.65. The minimum Gasteiger partial charge on any atom is -0.379 e. The summed E-state index contributed by atoms with van der Waals surface area (Å²) in [6.07, 6.45) is -7.23. The average molecular weight is 245 g/mol. The van der Waals surface area contributed by atoms with Crippen molar-refractivity contribution in [2.75, 3.05) is 0 Å².